The van der Waals surface area contributed by atoms with Gasteiger partial charge in [-0.1, -0.05) is 30.3 Å². The highest BCUT2D eigenvalue weighted by Crippen LogP contribution is 2.36. The van der Waals surface area contributed by atoms with Gasteiger partial charge in [-0.2, -0.15) is 0 Å². The second-order valence-corrected chi connectivity index (χ2v) is 8.46. The van der Waals surface area contributed by atoms with Gasteiger partial charge in [0, 0.05) is 17.7 Å². The molecule has 1 aliphatic heterocycles. The number of nitro groups is 1. The van der Waals surface area contributed by atoms with Gasteiger partial charge in [-0.3, -0.25) is 29.4 Å². The largest absolute Gasteiger partial charge is 0.456 e. The molecule has 4 rings (SSSR count). The smallest absolute Gasteiger partial charge is 0.293 e. The molecule has 1 fully saturated rings. The van der Waals surface area contributed by atoms with Crippen molar-refractivity contribution in [3.05, 3.63) is 92.1 Å². The van der Waals surface area contributed by atoms with Gasteiger partial charge in [0.15, 0.2) is 5.78 Å². The van der Waals surface area contributed by atoms with Crippen LogP contribution in [0.15, 0.2) is 63.9 Å². The Balaban J connectivity index is 1.57. The molecule has 0 radical (unpaired) electrons. The van der Waals surface area contributed by atoms with Crippen LogP contribution in [0.2, 0.25) is 0 Å². The van der Waals surface area contributed by atoms with Gasteiger partial charge in [0.05, 0.1) is 21.9 Å². The monoisotopic (exact) mass is 462 g/mol. The Morgan fingerprint density at radius 3 is 2.48 bits per heavy atom. The van der Waals surface area contributed by atoms with Crippen molar-refractivity contribution < 1.29 is 23.7 Å². The van der Waals surface area contributed by atoms with Crippen molar-refractivity contribution in [2.24, 2.45) is 0 Å². The number of hydrogen-bond donors (Lipinski definition) is 0. The van der Waals surface area contributed by atoms with Crippen LogP contribution in [0.5, 0.6) is 0 Å². The minimum atomic E-state index is -0.593. The van der Waals surface area contributed by atoms with Crippen LogP contribution in [0.25, 0.3) is 17.4 Å². The number of benzene rings is 2. The van der Waals surface area contributed by atoms with E-state index in [9.17, 15) is 24.5 Å². The van der Waals surface area contributed by atoms with Crippen LogP contribution in [0.4, 0.5) is 10.5 Å². The van der Waals surface area contributed by atoms with E-state index in [2.05, 4.69) is 0 Å². The Bertz CT molecular complexity index is 1330. The van der Waals surface area contributed by atoms with Crippen LogP contribution in [-0.2, 0) is 4.79 Å². The quantitative estimate of drug-likeness (QED) is 0.209. The highest BCUT2D eigenvalue weighted by atomic mass is 32.2. The third kappa shape index (κ3) is 4.49. The number of Topliss-reactive ketones (excluding diaryl/α,β-unsaturated/α-hetero) is 1. The van der Waals surface area contributed by atoms with Crippen LogP contribution in [-0.4, -0.2) is 33.3 Å². The summed E-state index contributed by atoms with van der Waals surface area (Å²) in [4.78, 5) is 49.5. The predicted octanol–water partition coefficient (Wildman–Crippen LogP) is 5.39. The molecule has 8 nitrogen and oxygen atoms in total. The zero-order chi connectivity index (χ0) is 23.7. The molecular formula is C24H18N2O6S. The number of carbonyl (C=O) groups is 3. The first-order valence-corrected chi connectivity index (χ1v) is 10.8. The van der Waals surface area contributed by atoms with Crippen molar-refractivity contribution in [1.29, 1.82) is 0 Å². The number of amides is 2. The van der Waals surface area contributed by atoms with Crippen LogP contribution < -0.4 is 0 Å². The van der Waals surface area contributed by atoms with Crippen LogP contribution in [0, 0.1) is 24.0 Å². The molecule has 0 N–H and O–H groups in total. The Kier molecular flexibility index (Phi) is 5.97. The van der Waals surface area contributed by atoms with E-state index in [1.54, 1.807) is 55.5 Å². The van der Waals surface area contributed by atoms with E-state index < -0.39 is 16.1 Å². The van der Waals surface area contributed by atoms with Gasteiger partial charge in [-0.25, -0.2) is 0 Å². The fourth-order valence-electron chi connectivity index (χ4n) is 3.35. The number of ketones is 1. The molecule has 1 aromatic heterocycles. The zero-order valence-corrected chi connectivity index (χ0v) is 18.5. The normalized spacial score (nSPS) is 14.8. The third-order valence-corrected chi connectivity index (χ3v) is 6.15. The molecule has 0 atom stereocenters. The molecule has 2 aromatic carbocycles. The molecule has 0 bridgehead atoms. The summed E-state index contributed by atoms with van der Waals surface area (Å²) in [5.74, 6) is -0.405. The zero-order valence-electron chi connectivity index (χ0n) is 17.7. The van der Waals surface area contributed by atoms with E-state index >= 15 is 0 Å². The SMILES string of the molecule is Cc1cc(-c2ccc(/C=C3\SC(=O)N(CC(=O)c4ccccc4)C3=O)o2)c([N+](=O)[O-])cc1C. The number of rotatable bonds is 6. The number of carbonyl (C=O) groups excluding carboxylic acids is 3. The molecule has 3 aromatic rings. The summed E-state index contributed by atoms with van der Waals surface area (Å²) in [6.45, 7) is 3.28. The lowest BCUT2D eigenvalue weighted by molar-refractivity contribution is -0.384. The van der Waals surface area contributed by atoms with Crippen LogP contribution in [0.1, 0.15) is 27.2 Å². The summed E-state index contributed by atoms with van der Waals surface area (Å²) in [5, 5.41) is 10.9. The van der Waals surface area contributed by atoms with Crippen molar-refractivity contribution in [2.45, 2.75) is 13.8 Å². The van der Waals surface area contributed by atoms with Gasteiger partial charge in [-0.05, 0) is 54.9 Å². The van der Waals surface area contributed by atoms with E-state index in [1.807, 2.05) is 6.92 Å². The Labute approximate surface area is 193 Å². The molecule has 166 valence electrons. The maximum absolute atomic E-state index is 12.7. The molecule has 9 heteroatoms. The lowest BCUT2D eigenvalue weighted by Crippen LogP contribution is -2.33. The molecular weight excluding hydrogens is 444 g/mol. The van der Waals surface area contributed by atoms with E-state index in [0.717, 1.165) is 16.0 Å². The van der Waals surface area contributed by atoms with Crippen molar-refractivity contribution in [1.82, 2.24) is 4.90 Å². The lowest BCUT2D eigenvalue weighted by atomic mass is 10.0. The van der Waals surface area contributed by atoms with Crippen molar-refractivity contribution in [3.8, 4) is 11.3 Å². The van der Waals surface area contributed by atoms with Crippen LogP contribution in [0.3, 0.4) is 0 Å². The summed E-state index contributed by atoms with van der Waals surface area (Å²) < 4.78 is 5.74. The van der Waals surface area contributed by atoms with Crippen LogP contribution >= 0.6 is 11.8 Å². The lowest BCUT2D eigenvalue weighted by Gasteiger charge is -2.11. The average molecular weight is 462 g/mol. The van der Waals surface area contributed by atoms with Crippen molar-refractivity contribution in [3.63, 3.8) is 0 Å². The van der Waals surface area contributed by atoms with Crippen molar-refractivity contribution >= 4 is 40.5 Å². The minimum absolute atomic E-state index is 0.0845. The van der Waals surface area contributed by atoms with Gasteiger partial charge in [0.25, 0.3) is 16.8 Å². The molecule has 2 heterocycles. The maximum Gasteiger partial charge on any atom is 0.293 e. The number of nitro benzene ring substituents is 1. The molecule has 0 aliphatic carbocycles. The predicted molar refractivity (Wildman–Crippen MR) is 124 cm³/mol. The Morgan fingerprint density at radius 2 is 1.79 bits per heavy atom. The van der Waals surface area contributed by atoms with Gasteiger partial charge in [0.2, 0.25) is 0 Å². The molecule has 1 saturated heterocycles. The number of hydrogen-bond acceptors (Lipinski definition) is 7. The summed E-state index contributed by atoms with van der Waals surface area (Å²) in [7, 11) is 0. The molecule has 0 saturated carbocycles. The van der Waals surface area contributed by atoms with Gasteiger partial charge in [-0.15, -0.1) is 0 Å². The maximum atomic E-state index is 12.7. The molecule has 33 heavy (non-hydrogen) atoms. The first-order chi connectivity index (χ1) is 15.7. The number of aryl methyl sites for hydroxylation is 2. The van der Waals surface area contributed by atoms with E-state index in [4.69, 9.17) is 4.42 Å². The molecule has 2 amide bonds. The molecule has 0 unspecified atom stereocenters. The first kappa shape index (κ1) is 22.2. The highest BCUT2D eigenvalue weighted by Gasteiger charge is 2.36. The first-order valence-electron chi connectivity index (χ1n) is 9.94. The van der Waals surface area contributed by atoms with E-state index in [1.165, 1.54) is 12.1 Å². The molecule has 1 aliphatic rings. The van der Waals surface area contributed by atoms with E-state index in [-0.39, 0.29) is 34.4 Å². The summed E-state index contributed by atoms with van der Waals surface area (Å²) in [6.07, 6.45) is 1.40. The Hall–Kier alpha value is -3.98. The van der Waals surface area contributed by atoms with Crippen molar-refractivity contribution in [2.75, 3.05) is 6.54 Å². The van der Waals surface area contributed by atoms with Gasteiger partial charge in [0.1, 0.15) is 11.5 Å². The summed E-state index contributed by atoms with van der Waals surface area (Å²) in [5.41, 5.74) is 2.31. The summed E-state index contributed by atoms with van der Waals surface area (Å²) >= 11 is 0.709. The molecule has 0 spiro atoms. The number of nitrogens with zero attached hydrogens (tertiary/aromatic N) is 2. The Morgan fingerprint density at radius 1 is 1.09 bits per heavy atom. The number of thioether (sulfide) groups is 1. The highest BCUT2D eigenvalue weighted by molar-refractivity contribution is 8.18. The van der Waals surface area contributed by atoms with Gasteiger partial charge < -0.3 is 4.42 Å². The minimum Gasteiger partial charge on any atom is -0.456 e. The standard InChI is InChI=1S/C24H18N2O6S/c1-14-10-18(19(26(30)31)11-15(14)2)21-9-8-17(32-21)12-22-23(28)25(24(29)33-22)13-20(27)16-6-4-3-5-7-16/h3-12H,13H2,1-2H3/b22-12-. The number of furan rings is 1. The van der Waals surface area contributed by atoms with Gasteiger partial charge >= 0.3 is 0 Å². The average Bonchev–Trinajstić information content (AvgIpc) is 3.36. The fourth-order valence-corrected chi connectivity index (χ4v) is 4.17. The third-order valence-electron chi connectivity index (χ3n) is 5.25. The topological polar surface area (TPSA) is 111 Å². The fraction of sp³-hybridized carbons (Fsp3) is 0.125. The second-order valence-electron chi connectivity index (χ2n) is 7.47. The summed E-state index contributed by atoms with van der Waals surface area (Å²) in [6, 6.07) is 14.7. The second kappa shape index (κ2) is 8.87. The number of imide groups is 1. The van der Waals surface area contributed by atoms with E-state index in [0.29, 0.717) is 22.9 Å².